The zero-order valence-electron chi connectivity index (χ0n) is 34.0. The van der Waals surface area contributed by atoms with Gasteiger partial charge in [-0.15, -0.1) is 0 Å². The summed E-state index contributed by atoms with van der Waals surface area (Å²) in [6.45, 7) is 4.76. The Morgan fingerprint density at radius 2 is 0.903 bits per heavy atom. The molecule has 20 heteroatoms. The van der Waals surface area contributed by atoms with E-state index in [1.165, 1.54) is 18.2 Å². The standard InChI is InChI=1S/2C21H21F5O5/c1-4-19(2,3)18(28)31-16-10-6-7-13-14(16)8-5-9-15(13)29-11-17(27)30-12-20(22,23)21(24,25)26;1-4-19(2,3)18(28)31-16-8-6-13-9-15(7-5-14(13)10-16)29-11-17(27)30-12-20(22,23)21(24,25)26/h2*5-10H,4,11-12H2,1-3H3. The first-order valence-electron chi connectivity index (χ1n) is 18.5. The van der Waals surface area contributed by atoms with Gasteiger partial charge in [0.2, 0.25) is 0 Å². The summed E-state index contributed by atoms with van der Waals surface area (Å²) in [5.41, 5.74) is -1.34. The van der Waals surface area contributed by atoms with E-state index in [-0.39, 0.29) is 23.2 Å². The van der Waals surface area contributed by atoms with E-state index >= 15 is 0 Å². The van der Waals surface area contributed by atoms with Crippen molar-refractivity contribution in [2.45, 2.75) is 78.6 Å². The summed E-state index contributed by atoms with van der Waals surface area (Å²) >= 11 is 0. The Kier molecular flexibility index (Phi) is 16.2. The number of benzene rings is 4. The van der Waals surface area contributed by atoms with Crippen LogP contribution in [0, 0.1) is 10.8 Å². The van der Waals surface area contributed by atoms with E-state index in [1.54, 1.807) is 82.3 Å². The number of ether oxygens (including phenoxy) is 6. The van der Waals surface area contributed by atoms with E-state index in [2.05, 4.69) is 9.47 Å². The first-order valence-corrected chi connectivity index (χ1v) is 18.5. The first-order chi connectivity index (χ1) is 28.5. The fourth-order valence-corrected chi connectivity index (χ4v) is 4.46. The molecular formula is C42H42F10O10. The number of hydrogen-bond acceptors (Lipinski definition) is 10. The Hall–Kier alpha value is -5.82. The summed E-state index contributed by atoms with van der Waals surface area (Å²) in [6.07, 6.45) is -10.5. The molecule has 0 aliphatic carbocycles. The van der Waals surface area contributed by atoms with E-state index < -0.39 is 79.4 Å². The predicted molar refractivity (Wildman–Crippen MR) is 202 cm³/mol. The van der Waals surface area contributed by atoms with Crippen molar-refractivity contribution in [2.75, 3.05) is 26.4 Å². The van der Waals surface area contributed by atoms with Gasteiger partial charge in [-0.2, -0.15) is 43.9 Å². The highest BCUT2D eigenvalue weighted by molar-refractivity contribution is 5.95. The average Bonchev–Trinajstić information content (AvgIpc) is 3.20. The van der Waals surface area contributed by atoms with Crippen LogP contribution in [0.4, 0.5) is 43.9 Å². The Bertz CT molecular complexity index is 2220. The van der Waals surface area contributed by atoms with Gasteiger partial charge in [0.05, 0.1) is 10.8 Å². The van der Waals surface area contributed by atoms with Gasteiger partial charge in [-0.25, -0.2) is 9.59 Å². The van der Waals surface area contributed by atoms with E-state index in [0.717, 1.165) is 0 Å². The molecule has 0 bridgehead atoms. The summed E-state index contributed by atoms with van der Waals surface area (Å²) in [7, 11) is 0. The van der Waals surface area contributed by atoms with Crippen LogP contribution in [0.2, 0.25) is 0 Å². The van der Waals surface area contributed by atoms with Gasteiger partial charge < -0.3 is 28.4 Å². The normalized spacial score (nSPS) is 12.5. The lowest BCUT2D eigenvalue weighted by Gasteiger charge is -2.21. The molecule has 62 heavy (non-hydrogen) atoms. The molecule has 0 atom stereocenters. The Morgan fingerprint density at radius 3 is 1.37 bits per heavy atom. The molecule has 4 aromatic carbocycles. The molecule has 0 heterocycles. The number of rotatable bonds is 16. The van der Waals surface area contributed by atoms with Crippen molar-refractivity contribution in [2.24, 2.45) is 10.8 Å². The third-order valence-electron chi connectivity index (χ3n) is 9.27. The average molecular weight is 897 g/mol. The van der Waals surface area contributed by atoms with Crippen LogP contribution in [-0.4, -0.2) is 74.5 Å². The van der Waals surface area contributed by atoms with E-state index in [4.69, 9.17) is 18.9 Å². The molecule has 0 unspecified atom stereocenters. The number of fused-ring (bicyclic) bond motifs is 2. The second kappa shape index (κ2) is 19.9. The SMILES string of the molecule is CCC(C)(C)C(=O)Oc1ccc2cc(OCC(=O)OCC(F)(F)C(F)(F)F)ccc2c1.CCC(C)(C)C(=O)Oc1cccc2c(OCC(=O)OCC(F)(F)C(F)(F)F)cccc12. The highest BCUT2D eigenvalue weighted by Crippen LogP contribution is 2.37. The molecule has 0 spiro atoms. The predicted octanol–water partition coefficient (Wildman–Crippen LogP) is 10.6. The molecule has 0 radical (unpaired) electrons. The molecule has 0 saturated heterocycles. The van der Waals surface area contributed by atoms with Gasteiger partial charge in [0, 0.05) is 10.8 Å². The van der Waals surface area contributed by atoms with Gasteiger partial charge >= 0.3 is 48.1 Å². The zero-order valence-corrected chi connectivity index (χ0v) is 34.0. The fourth-order valence-electron chi connectivity index (χ4n) is 4.46. The van der Waals surface area contributed by atoms with Gasteiger partial charge in [0.25, 0.3) is 0 Å². The Labute approximate surface area is 348 Å². The van der Waals surface area contributed by atoms with Gasteiger partial charge in [-0.3, -0.25) is 9.59 Å². The zero-order chi connectivity index (χ0) is 46.9. The third kappa shape index (κ3) is 13.6. The largest absolute Gasteiger partial charge is 0.482 e. The van der Waals surface area contributed by atoms with Crippen molar-refractivity contribution >= 4 is 45.4 Å². The second-order valence-corrected chi connectivity index (χ2v) is 14.8. The number of alkyl halides is 10. The number of hydrogen-bond donors (Lipinski definition) is 0. The fraction of sp³-hybridized carbons (Fsp3) is 0.429. The molecule has 0 aromatic heterocycles. The molecular weight excluding hydrogens is 854 g/mol. The maximum Gasteiger partial charge on any atom is 0.456 e. The summed E-state index contributed by atoms with van der Waals surface area (Å²) in [6, 6.07) is 18.9. The molecule has 0 N–H and O–H groups in total. The number of carbonyl (C=O) groups is 4. The Morgan fingerprint density at radius 1 is 0.500 bits per heavy atom. The summed E-state index contributed by atoms with van der Waals surface area (Å²) in [5, 5.41) is 2.27. The van der Waals surface area contributed by atoms with Crippen LogP contribution >= 0.6 is 0 Å². The summed E-state index contributed by atoms with van der Waals surface area (Å²) in [4.78, 5) is 47.5. The lowest BCUT2D eigenvalue weighted by molar-refractivity contribution is -0.294. The first kappa shape index (κ1) is 50.5. The van der Waals surface area contributed by atoms with E-state index in [1.807, 2.05) is 13.8 Å². The third-order valence-corrected chi connectivity index (χ3v) is 9.27. The number of esters is 4. The van der Waals surface area contributed by atoms with Crippen molar-refractivity contribution in [1.82, 2.24) is 0 Å². The lowest BCUT2D eigenvalue weighted by Crippen LogP contribution is -2.41. The van der Waals surface area contributed by atoms with Gasteiger partial charge in [0.1, 0.15) is 23.0 Å². The van der Waals surface area contributed by atoms with Gasteiger partial charge in [0.15, 0.2) is 26.4 Å². The van der Waals surface area contributed by atoms with Crippen LogP contribution in [-0.2, 0) is 28.7 Å². The molecule has 340 valence electrons. The topological polar surface area (TPSA) is 124 Å². The molecule has 4 aromatic rings. The highest BCUT2D eigenvalue weighted by atomic mass is 19.4. The summed E-state index contributed by atoms with van der Waals surface area (Å²) < 4.78 is 153. The maximum atomic E-state index is 12.8. The van der Waals surface area contributed by atoms with Crippen molar-refractivity contribution in [3.8, 4) is 23.0 Å². The minimum Gasteiger partial charge on any atom is -0.482 e. The molecule has 0 aliphatic rings. The second-order valence-electron chi connectivity index (χ2n) is 14.8. The van der Waals surface area contributed by atoms with Crippen molar-refractivity contribution < 1.29 is 91.5 Å². The van der Waals surface area contributed by atoms with Crippen molar-refractivity contribution in [3.63, 3.8) is 0 Å². The minimum absolute atomic E-state index is 0.129. The monoisotopic (exact) mass is 896 g/mol. The van der Waals surface area contributed by atoms with Crippen LogP contribution in [0.15, 0.2) is 72.8 Å². The number of carbonyl (C=O) groups excluding carboxylic acids is 4. The van der Waals surface area contributed by atoms with Crippen LogP contribution in [0.25, 0.3) is 21.5 Å². The summed E-state index contributed by atoms with van der Waals surface area (Å²) in [5.74, 6) is -13.0. The molecule has 4 rings (SSSR count). The van der Waals surface area contributed by atoms with Crippen molar-refractivity contribution in [3.05, 3.63) is 72.8 Å². The number of halogens is 10. The minimum atomic E-state index is -5.83. The maximum absolute atomic E-state index is 12.8. The van der Waals surface area contributed by atoms with Crippen LogP contribution in [0.1, 0.15) is 54.4 Å². The van der Waals surface area contributed by atoms with E-state index in [0.29, 0.717) is 40.1 Å². The van der Waals surface area contributed by atoms with E-state index in [9.17, 15) is 63.1 Å². The molecule has 0 fully saturated rings. The molecule has 0 aliphatic heterocycles. The van der Waals surface area contributed by atoms with Crippen LogP contribution in [0.5, 0.6) is 23.0 Å². The van der Waals surface area contributed by atoms with Gasteiger partial charge in [-0.05, 0) is 87.7 Å². The lowest BCUT2D eigenvalue weighted by atomic mass is 9.90. The van der Waals surface area contributed by atoms with Crippen LogP contribution in [0.3, 0.4) is 0 Å². The quantitative estimate of drug-likeness (QED) is 0.0610. The molecule has 0 saturated carbocycles. The van der Waals surface area contributed by atoms with Crippen LogP contribution < -0.4 is 18.9 Å². The molecule has 0 amide bonds. The highest BCUT2D eigenvalue weighted by Gasteiger charge is 2.59. The van der Waals surface area contributed by atoms with Crippen molar-refractivity contribution in [1.29, 1.82) is 0 Å². The Balaban J connectivity index is 0.000000330. The smallest absolute Gasteiger partial charge is 0.456 e. The van der Waals surface area contributed by atoms with Gasteiger partial charge in [-0.1, -0.05) is 50.2 Å². The molecule has 10 nitrogen and oxygen atoms in total.